The quantitative estimate of drug-likeness (QED) is 0.866. The van der Waals surface area contributed by atoms with E-state index in [9.17, 15) is 0 Å². The van der Waals surface area contributed by atoms with E-state index >= 15 is 0 Å². The fourth-order valence-electron chi connectivity index (χ4n) is 2.30. The number of halogens is 1. The van der Waals surface area contributed by atoms with Gasteiger partial charge in [-0.05, 0) is 54.0 Å². The summed E-state index contributed by atoms with van der Waals surface area (Å²) in [5, 5.41) is 11.9. The molecule has 2 aromatic rings. The summed E-state index contributed by atoms with van der Waals surface area (Å²) in [4.78, 5) is 2.32. The molecule has 1 saturated heterocycles. The second-order valence-electron chi connectivity index (χ2n) is 4.84. The number of aromatic nitrogens is 4. The minimum absolute atomic E-state index is 0.748. The molecule has 0 atom stereocenters. The fraction of sp³-hybridized carbons (Fsp3) is 0.357. The van der Waals surface area contributed by atoms with Gasteiger partial charge >= 0.3 is 0 Å². The molecule has 2 heterocycles. The van der Waals surface area contributed by atoms with Crippen molar-refractivity contribution in [1.29, 1.82) is 0 Å². The maximum absolute atomic E-state index is 4.08. The maximum Gasteiger partial charge on any atom is 0.181 e. The average Bonchev–Trinajstić information content (AvgIpc) is 2.95. The van der Waals surface area contributed by atoms with Crippen molar-refractivity contribution in [3.8, 4) is 5.69 Å². The number of nitrogens with zero attached hydrogens (tertiary/aromatic N) is 5. The van der Waals surface area contributed by atoms with Gasteiger partial charge in [0, 0.05) is 29.8 Å². The van der Waals surface area contributed by atoms with Crippen molar-refractivity contribution < 1.29 is 0 Å². The van der Waals surface area contributed by atoms with Crippen molar-refractivity contribution in [3.63, 3.8) is 0 Å². The summed E-state index contributed by atoms with van der Waals surface area (Å²) in [6, 6.07) is 7.93. The summed E-state index contributed by atoms with van der Waals surface area (Å²) in [6.45, 7) is 2.24. The van der Waals surface area contributed by atoms with Crippen molar-refractivity contribution in [2.24, 2.45) is 0 Å². The van der Waals surface area contributed by atoms with Crippen LogP contribution in [0.2, 0.25) is 0 Å². The van der Waals surface area contributed by atoms with E-state index in [1.165, 1.54) is 19.3 Å². The van der Waals surface area contributed by atoms with Crippen LogP contribution in [-0.2, 0) is 0 Å². The van der Waals surface area contributed by atoms with Gasteiger partial charge in [0.15, 0.2) is 5.82 Å². The molecule has 0 aliphatic carbocycles. The first-order chi connectivity index (χ1) is 9.83. The highest BCUT2D eigenvalue weighted by Crippen LogP contribution is 2.15. The van der Waals surface area contributed by atoms with Gasteiger partial charge in [0.1, 0.15) is 0 Å². The first-order valence-corrected chi connectivity index (χ1v) is 7.59. The first-order valence-electron chi connectivity index (χ1n) is 6.79. The fourth-order valence-corrected chi connectivity index (χ4v) is 2.57. The summed E-state index contributed by atoms with van der Waals surface area (Å²) in [5.41, 5.74) is 0.955. The molecular formula is C14H16BrN5. The Morgan fingerprint density at radius 2 is 1.80 bits per heavy atom. The summed E-state index contributed by atoms with van der Waals surface area (Å²) in [5.74, 6) is 0.748. The Kier molecular flexibility index (Phi) is 4.11. The van der Waals surface area contributed by atoms with E-state index in [2.05, 4.69) is 42.6 Å². The third kappa shape index (κ3) is 3.07. The molecule has 6 heteroatoms. The third-order valence-electron chi connectivity index (χ3n) is 3.39. The van der Waals surface area contributed by atoms with E-state index in [1.54, 1.807) is 4.68 Å². The molecule has 0 unspecified atom stereocenters. The van der Waals surface area contributed by atoms with Crippen LogP contribution < -0.4 is 0 Å². The molecule has 104 valence electrons. The second kappa shape index (κ2) is 6.17. The van der Waals surface area contributed by atoms with Gasteiger partial charge in [-0.2, -0.15) is 4.68 Å². The van der Waals surface area contributed by atoms with E-state index in [-0.39, 0.29) is 0 Å². The van der Waals surface area contributed by atoms with E-state index in [4.69, 9.17) is 0 Å². The average molecular weight is 334 g/mol. The van der Waals surface area contributed by atoms with Crippen LogP contribution >= 0.6 is 15.9 Å². The molecule has 1 fully saturated rings. The molecule has 0 saturated carbocycles. The second-order valence-corrected chi connectivity index (χ2v) is 5.75. The predicted octanol–water partition coefficient (Wildman–Crippen LogP) is 2.88. The van der Waals surface area contributed by atoms with Crippen LogP contribution in [-0.4, -0.2) is 38.2 Å². The normalized spacial score (nSPS) is 15.9. The van der Waals surface area contributed by atoms with Crippen molar-refractivity contribution >= 4 is 22.0 Å². The maximum atomic E-state index is 4.08. The van der Waals surface area contributed by atoms with Crippen molar-refractivity contribution in [1.82, 2.24) is 25.1 Å². The van der Waals surface area contributed by atoms with Gasteiger partial charge in [-0.15, -0.1) is 5.10 Å². The highest BCUT2D eigenvalue weighted by Gasteiger charge is 2.08. The molecule has 0 amide bonds. The Hall–Kier alpha value is -1.69. The number of likely N-dealkylation sites (tertiary alicyclic amines) is 1. The van der Waals surface area contributed by atoms with E-state index < -0.39 is 0 Å². The lowest BCUT2D eigenvalue weighted by Gasteiger charge is -2.24. The highest BCUT2D eigenvalue weighted by molar-refractivity contribution is 9.10. The number of hydrogen-bond acceptors (Lipinski definition) is 4. The molecule has 1 aliphatic rings. The molecule has 3 rings (SSSR count). The van der Waals surface area contributed by atoms with Gasteiger partial charge in [0.2, 0.25) is 0 Å². The van der Waals surface area contributed by atoms with Gasteiger partial charge in [-0.25, -0.2) is 0 Å². The monoisotopic (exact) mass is 333 g/mol. The molecule has 0 N–H and O–H groups in total. The van der Waals surface area contributed by atoms with Crippen LogP contribution in [0.5, 0.6) is 0 Å². The van der Waals surface area contributed by atoms with Gasteiger partial charge in [0.25, 0.3) is 0 Å². The van der Waals surface area contributed by atoms with Gasteiger partial charge < -0.3 is 4.90 Å². The van der Waals surface area contributed by atoms with Gasteiger partial charge in [-0.1, -0.05) is 15.9 Å². The summed E-state index contributed by atoms with van der Waals surface area (Å²) in [6.07, 6.45) is 7.94. The number of hydrogen-bond donors (Lipinski definition) is 0. The van der Waals surface area contributed by atoms with Crippen LogP contribution in [0.4, 0.5) is 0 Å². The van der Waals surface area contributed by atoms with E-state index in [0.29, 0.717) is 0 Å². The Morgan fingerprint density at radius 1 is 1.05 bits per heavy atom. The molecule has 0 bridgehead atoms. The smallest absolute Gasteiger partial charge is 0.181 e. The Labute approximate surface area is 126 Å². The Morgan fingerprint density at radius 3 is 2.55 bits per heavy atom. The minimum atomic E-state index is 0.748. The molecular weight excluding hydrogens is 318 g/mol. The molecule has 5 nitrogen and oxygen atoms in total. The van der Waals surface area contributed by atoms with Crippen LogP contribution in [0.1, 0.15) is 25.1 Å². The lowest BCUT2D eigenvalue weighted by Crippen LogP contribution is -2.24. The number of piperidine rings is 1. The molecule has 1 aliphatic heterocycles. The van der Waals surface area contributed by atoms with Gasteiger partial charge in [-0.3, -0.25) is 0 Å². The van der Waals surface area contributed by atoms with Crippen LogP contribution in [0.3, 0.4) is 0 Å². The van der Waals surface area contributed by atoms with E-state index in [1.807, 2.05) is 30.3 Å². The molecule has 1 aromatic carbocycles. The Bertz CT molecular complexity index is 584. The SMILES string of the molecule is Brc1ccc(-n2nnnc2C=CN2CCCCC2)cc1. The zero-order valence-corrected chi connectivity index (χ0v) is 12.7. The summed E-state index contributed by atoms with van der Waals surface area (Å²) >= 11 is 3.43. The van der Waals surface area contributed by atoms with Crippen molar-refractivity contribution in [2.75, 3.05) is 13.1 Å². The van der Waals surface area contributed by atoms with Crippen molar-refractivity contribution in [3.05, 3.63) is 40.8 Å². The highest BCUT2D eigenvalue weighted by atomic mass is 79.9. The Balaban J connectivity index is 1.79. The third-order valence-corrected chi connectivity index (χ3v) is 3.92. The van der Waals surface area contributed by atoms with Crippen LogP contribution in [0.25, 0.3) is 11.8 Å². The van der Waals surface area contributed by atoms with Crippen LogP contribution in [0.15, 0.2) is 34.9 Å². The predicted molar refractivity (Wildman–Crippen MR) is 81.3 cm³/mol. The number of tetrazole rings is 1. The molecule has 0 spiro atoms. The molecule has 20 heavy (non-hydrogen) atoms. The standard InChI is InChI=1S/C14H16BrN5/c15-12-4-6-13(7-5-12)20-14(16-17-18-20)8-11-19-9-2-1-3-10-19/h4-8,11H,1-3,9-10H2. The lowest BCUT2D eigenvalue weighted by molar-refractivity contribution is 0.311. The van der Waals surface area contributed by atoms with E-state index in [0.717, 1.165) is 29.1 Å². The number of benzene rings is 1. The zero-order chi connectivity index (χ0) is 13.8. The van der Waals surface area contributed by atoms with Crippen molar-refractivity contribution in [2.45, 2.75) is 19.3 Å². The first kappa shape index (κ1) is 13.3. The number of rotatable bonds is 3. The topological polar surface area (TPSA) is 46.8 Å². The summed E-state index contributed by atoms with van der Waals surface area (Å²) < 4.78 is 2.78. The zero-order valence-electron chi connectivity index (χ0n) is 11.1. The lowest BCUT2D eigenvalue weighted by atomic mass is 10.1. The minimum Gasteiger partial charge on any atom is -0.377 e. The molecule has 1 aromatic heterocycles. The largest absolute Gasteiger partial charge is 0.377 e. The summed E-state index contributed by atoms with van der Waals surface area (Å²) in [7, 11) is 0. The molecule has 0 radical (unpaired) electrons. The van der Waals surface area contributed by atoms with Gasteiger partial charge in [0.05, 0.1) is 5.69 Å². The van der Waals surface area contributed by atoms with Crippen LogP contribution in [0, 0.1) is 0 Å².